The molecule has 0 atom stereocenters. The number of halogens is 2. The van der Waals surface area contributed by atoms with Crippen molar-refractivity contribution in [2.45, 2.75) is 50.2 Å². The van der Waals surface area contributed by atoms with Gasteiger partial charge in [0.25, 0.3) is 5.91 Å². The molecule has 0 unspecified atom stereocenters. The third kappa shape index (κ3) is 4.88. The van der Waals surface area contributed by atoms with Crippen molar-refractivity contribution in [1.29, 1.82) is 0 Å². The molecule has 0 bridgehead atoms. The Labute approximate surface area is 214 Å². The third-order valence-corrected chi connectivity index (χ3v) is 7.62. The van der Waals surface area contributed by atoms with Crippen molar-refractivity contribution in [2.24, 2.45) is 5.73 Å². The molecule has 0 radical (unpaired) electrons. The first kappa shape index (κ1) is 25.9. The molecule has 0 saturated heterocycles. The van der Waals surface area contributed by atoms with Crippen LogP contribution in [0.3, 0.4) is 0 Å². The minimum absolute atomic E-state index is 0.105. The molecule has 2 N–H and O–H groups in total. The highest BCUT2D eigenvalue weighted by molar-refractivity contribution is 6.33. The molecule has 2 aromatic carbocycles. The molecule has 4 rings (SSSR count). The van der Waals surface area contributed by atoms with Crippen LogP contribution in [0.5, 0.6) is 0 Å². The SMILES string of the molecule is Cc1onc(-c2ccccc2Cl)c1C(=O)OC1(C(N)=O)CCC(Cc2cccc(F)c2)(N(C)C)CC1. The van der Waals surface area contributed by atoms with E-state index >= 15 is 0 Å². The number of hydrogen-bond acceptors (Lipinski definition) is 6. The Morgan fingerprint density at radius 1 is 1.14 bits per heavy atom. The van der Waals surface area contributed by atoms with Gasteiger partial charge in [0, 0.05) is 11.1 Å². The van der Waals surface area contributed by atoms with Gasteiger partial charge in [0.05, 0.1) is 5.02 Å². The van der Waals surface area contributed by atoms with Crippen LogP contribution < -0.4 is 5.73 Å². The summed E-state index contributed by atoms with van der Waals surface area (Å²) in [7, 11) is 3.91. The van der Waals surface area contributed by atoms with Crippen LogP contribution in [0.2, 0.25) is 5.02 Å². The predicted molar refractivity (Wildman–Crippen MR) is 134 cm³/mol. The summed E-state index contributed by atoms with van der Waals surface area (Å²) in [5.41, 5.74) is 5.70. The van der Waals surface area contributed by atoms with E-state index in [1.54, 1.807) is 37.3 Å². The van der Waals surface area contributed by atoms with Gasteiger partial charge in [-0.1, -0.05) is 47.1 Å². The van der Waals surface area contributed by atoms with E-state index in [1.807, 2.05) is 20.2 Å². The zero-order chi connectivity index (χ0) is 26.1. The predicted octanol–water partition coefficient (Wildman–Crippen LogP) is 4.94. The maximum atomic E-state index is 13.8. The second kappa shape index (κ2) is 10.0. The molecule has 7 nitrogen and oxygen atoms in total. The van der Waals surface area contributed by atoms with Gasteiger partial charge in [-0.05, 0) is 76.9 Å². The Hall–Kier alpha value is -3.23. The topological polar surface area (TPSA) is 98.7 Å². The normalized spacial score (nSPS) is 21.9. The largest absolute Gasteiger partial charge is 0.445 e. The molecule has 1 fully saturated rings. The van der Waals surface area contributed by atoms with E-state index in [4.69, 9.17) is 26.6 Å². The number of primary amides is 1. The molecule has 190 valence electrons. The Balaban J connectivity index is 1.59. The lowest BCUT2D eigenvalue weighted by Crippen LogP contribution is -2.57. The van der Waals surface area contributed by atoms with Crippen molar-refractivity contribution < 1.29 is 23.2 Å². The van der Waals surface area contributed by atoms with Gasteiger partial charge >= 0.3 is 5.97 Å². The number of amides is 1. The molecule has 1 aromatic heterocycles. The van der Waals surface area contributed by atoms with Crippen LogP contribution >= 0.6 is 11.6 Å². The van der Waals surface area contributed by atoms with Gasteiger partial charge in [-0.25, -0.2) is 9.18 Å². The van der Waals surface area contributed by atoms with E-state index in [9.17, 15) is 14.0 Å². The summed E-state index contributed by atoms with van der Waals surface area (Å²) in [6.07, 6.45) is 2.09. The Bertz CT molecular complexity index is 1280. The van der Waals surface area contributed by atoms with Crippen LogP contribution in [0.25, 0.3) is 11.3 Å². The van der Waals surface area contributed by atoms with Gasteiger partial charge in [0.1, 0.15) is 22.8 Å². The van der Waals surface area contributed by atoms with Gasteiger partial charge in [-0.15, -0.1) is 0 Å². The quantitative estimate of drug-likeness (QED) is 0.449. The summed E-state index contributed by atoms with van der Waals surface area (Å²) in [6.45, 7) is 1.60. The van der Waals surface area contributed by atoms with E-state index in [0.717, 1.165) is 5.56 Å². The monoisotopic (exact) mass is 513 g/mol. The first-order valence-electron chi connectivity index (χ1n) is 11.7. The van der Waals surface area contributed by atoms with Gasteiger partial charge in [-0.3, -0.25) is 4.79 Å². The van der Waals surface area contributed by atoms with Crippen LogP contribution in [-0.4, -0.2) is 47.2 Å². The molecule has 1 aliphatic rings. The van der Waals surface area contributed by atoms with E-state index in [1.165, 1.54) is 12.1 Å². The number of carbonyl (C=O) groups is 2. The van der Waals surface area contributed by atoms with E-state index in [2.05, 4.69) is 10.1 Å². The van der Waals surface area contributed by atoms with E-state index in [-0.39, 0.29) is 41.2 Å². The standard InChI is InChI=1S/C27H29ClFN3O4/c1-17-22(23(31-36-17)20-9-4-5-10-21(20)28)24(33)35-27(25(30)34)13-11-26(12-14-27,32(2)3)16-18-7-6-8-19(29)15-18/h4-10,15H,11-14,16H2,1-3H3,(H2,30,34). The number of esters is 1. The highest BCUT2D eigenvalue weighted by atomic mass is 35.5. The fraction of sp³-hybridized carbons (Fsp3) is 0.370. The summed E-state index contributed by atoms with van der Waals surface area (Å²) in [6, 6.07) is 13.4. The van der Waals surface area contributed by atoms with Crippen LogP contribution in [0, 0.1) is 12.7 Å². The number of benzene rings is 2. The minimum Gasteiger partial charge on any atom is -0.445 e. The van der Waals surface area contributed by atoms with Crippen molar-refractivity contribution in [3.63, 3.8) is 0 Å². The number of hydrogen-bond donors (Lipinski definition) is 1. The van der Waals surface area contributed by atoms with Crippen LogP contribution in [0.1, 0.15) is 47.4 Å². The Kier molecular flexibility index (Phi) is 7.20. The molecule has 36 heavy (non-hydrogen) atoms. The number of aromatic nitrogens is 1. The van der Waals surface area contributed by atoms with E-state index in [0.29, 0.717) is 29.8 Å². The second-order valence-electron chi connectivity index (χ2n) is 9.62. The van der Waals surface area contributed by atoms with Crippen molar-refractivity contribution in [1.82, 2.24) is 10.1 Å². The summed E-state index contributed by atoms with van der Waals surface area (Å²) in [4.78, 5) is 28.2. The number of nitrogens with zero attached hydrogens (tertiary/aromatic N) is 2. The second-order valence-corrected chi connectivity index (χ2v) is 10.0. The minimum atomic E-state index is -1.49. The number of likely N-dealkylation sites (N-methyl/N-ethyl adjacent to an activating group) is 1. The average molecular weight is 514 g/mol. The molecule has 1 saturated carbocycles. The fourth-order valence-electron chi connectivity index (χ4n) is 5.01. The Morgan fingerprint density at radius 3 is 2.44 bits per heavy atom. The molecule has 3 aromatic rings. The number of rotatable bonds is 7. The van der Waals surface area contributed by atoms with Crippen molar-refractivity contribution in [3.8, 4) is 11.3 Å². The van der Waals surface area contributed by atoms with Gasteiger partial charge in [0.2, 0.25) is 0 Å². The van der Waals surface area contributed by atoms with Crippen molar-refractivity contribution in [2.75, 3.05) is 14.1 Å². The smallest absolute Gasteiger partial charge is 0.345 e. The first-order valence-corrected chi connectivity index (χ1v) is 12.1. The molecule has 0 aliphatic heterocycles. The summed E-state index contributed by atoms with van der Waals surface area (Å²) < 4.78 is 25.0. The zero-order valence-corrected chi connectivity index (χ0v) is 21.3. The van der Waals surface area contributed by atoms with Crippen LogP contribution in [-0.2, 0) is 16.0 Å². The molecular formula is C27H29ClFN3O4. The first-order chi connectivity index (χ1) is 17.1. The highest BCUT2D eigenvalue weighted by Gasteiger charge is 2.50. The fourth-order valence-corrected chi connectivity index (χ4v) is 5.23. The summed E-state index contributed by atoms with van der Waals surface area (Å²) in [5, 5.41) is 4.41. The Morgan fingerprint density at radius 2 is 1.83 bits per heavy atom. The van der Waals surface area contributed by atoms with Crippen molar-refractivity contribution in [3.05, 3.63) is 76.3 Å². The lowest BCUT2D eigenvalue weighted by molar-refractivity contribution is -0.144. The number of aryl methyl sites for hydroxylation is 1. The molecular weight excluding hydrogens is 485 g/mol. The zero-order valence-electron chi connectivity index (χ0n) is 20.5. The number of carbonyl (C=O) groups excluding carboxylic acids is 2. The highest BCUT2D eigenvalue weighted by Crippen LogP contribution is 2.43. The number of nitrogens with two attached hydrogens (primary N) is 1. The molecule has 1 aliphatic carbocycles. The van der Waals surface area contributed by atoms with Crippen LogP contribution in [0.4, 0.5) is 4.39 Å². The average Bonchev–Trinajstić information content (AvgIpc) is 3.21. The maximum Gasteiger partial charge on any atom is 0.345 e. The van der Waals surface area contributed by atoms with Gasteiger partial charge in [0.15, 0.2) is 5.60 Å². The van der Waals surface area contributed by atoms with Crippen molar-refractivity contribution >= 4 is 23.5 Å². The molecule has 9 heteroatoms. The summed E-state index contributed by atoms with van der Waals surface area (Å²) in [5.74, 6) is -1.50. The van der Waals surface area contributed by atoms with E-state index < -0.39 is 17.5 Å². The lowest BCUT2D eigenvalue weighted by atomic mass is 9.70. The molecule has 1 heterocycles. The molecule has 0 spiro atoms. The number of ether oxygens (including phenoxy) is 1. The van der Waals surface area contributed by atoms with Gasteiger partial charge < -0.3 is 19.9 Å². The van der Waals surface area contributed by atoms with Gasteiger partial charge in [-0.2, -0.15) is 0 Å². The maximum absolute atomic E-state index is 13.8. The lowest BCUT2D eigenvalue weighted by Gasteiger charge is -2.48. The van der Waals surface area contributed by atoms with Crippen LogP contribution in [0.15, 0.2) is 53.1 Å². The molecule has 1 amide bonds. The third-order valence-electron chi connectivity index (χ3n) is 7.29. The summed E-state index contributed by atoms with van der Waals surface area (Å²) >= 11 is 6.32.